The molecule has 2 rings (SSSR count). The molecule has 0 aromatic rings. The lowest BCUT2D eigenvalue weighted by molar-refractivity contribution is -0.125. The summed E-state index contributed by atoms with van der Waals surface area (Å²) >= 11 is 0. The quantitative estimate of drug-likeness (QED) is 0.799. The number of amides is 1. The molecule has 2 aliphatic rings. The average Bonchev–Trinajstić information content (AvgIpc) is 2.58. The van der Waals surface area contributed by atoms with Crippen LogP contribution >= 0.6 is 12.4 Å². The van der Waals surface area contributed by atoms with Gasteiger partial charge in [-0.3, -0.25) is 4.79 Å². The predicted octanol–water partition coefficient (Wildman–Crippen LogP) is 2.09. The molecule has 4 heteroatoms. The van der Waals surface area contributed by atoms with Crippen molar-refractivity contribution < 1.29 is 4.79 Å². The van der Waals surface area contributed by atoms with E-state index in [0.717, 1.165) is 19.3 Å². The van der Waals surface area contributed by atoms with E-state index in [1.807, 2.05) is 0 Å². The van der Waals surface area contributed by atoms with E-state index in [9.17, 15) is 4.79 Å². The Hall–Kier alpha value is -0.280. The fourth-order valence-corrected chi connectivity index (χ4v) is 3.07. The number of hydrogen-bond acceptors (Lipinski definition) is 2. The highest BCUT2D eigenvalue weighted by Crippen LogP contribution is 2.62. The Bertz CT molecular complexity index is 301. The first-order valence-electron chi connectivity index (χ1n) is 6.33. The van der Waals surface area contributed by atoms with Crippen molar-refractivity contribution in [2.75, 3.05) is 0 Å². The molecule has 0 spiro atoms. The molecule has 2 aliphatic carbocycles. The molecule has 17 heavy (non-hydrogen) atoms. The van der Waals surface area contributed by atoms with Gasteiger partial charge in [0.25, 0.3) is 0 Å². The van der Waals surface area contributed by atoms with Crippen LogP contribution < -0.4 is 11.1 Å². The van der Waals surface area contributed by atoms with Crippen LogP contribution in [0.25, 0.3) is 0 Å². The smallest absolute Gasteiger partial charge is 0.223 e. The molecule has 3 nitrogen and oxygen atoms in total. The third-order valence-electron chi connectivity index (χ3n) is 5.15. The van der Waals surface area contributed by atoms with E-state index in [0.29, 0.717) is 6.04 Å². The topological polar surface area (TPSA) is 55.1 Å². The molecule has 0 aromatic heterocycles. The number of nitrogens with one attached hydrogen (secondary N) is 1. The second-order valence-electron chi connectivity index (χ2n) is 6.66. The molecule has 2 fully saturated rings. The zero-order valence-corrected chi connectivity index (χ0v) is 12.1. The van der Waals surface area contributed by atoms with Crippen LogP contribution in [0.5, 0.6) is 0 Å². The molecule has 100 valence electrons. The van der Waals surface area contributed by atoms with Crippen LogP contribution in [-0.4, -0.2) is 18.0 Å². The fourth-order valence-electron chi connectivity index (χ4n) is 3.07. The van der Waals surface area contributed by atoms with E-state index >= 15 is 0 Å². The molecule has 3 N–H and O–H groups in total. The molecule has 0 bridgehead atoms. The Balaban J connectivity index is 0.00000144. The molecule has 2 unspecified atom stereocenters. The summed E-state index contributed by atoms with van der Waals surface area (Å²) in [6, 6.07) is 0.556. The number of carbonyl (C=O) groups is 1. The third-order valence-corrected chi connectivity index (χ3v) is 5.15. The normalized spacial score (nSPS) is 33.9. The molecule has 2 saturated carbocycles. The van der Waals surface area contributed by atoms with Crippen LogP contribution in [0.2, 0.25) is 0 Å². The largest absolute Gasteiger partial charge is 0.352 e. The van der Waals surface area contributed by atoms with Gasteiger partial charge in [-0.05, 0) is 30.1 Å². The van der Waals surface area contributed by atoms with Gasteiger partial charge in [-0.2, -0.15) is 0 Å². The second-order valence-corrected chi connectivity index (χ2v) is 6.66. The van der Waals surface area contributed by atoms with E-state index < -0.39 is 0 Å². The van der Waals surface area contributed by atoms with Crippen molar-refractivity contribution in [1.82, 2.24) is 5.32 Å². The lowest BCUT2D eigenvalue weighted by atomic mass is 10.0. The van der Waals surface area contributed by atoms with Gasteiger partial charge >= 0.3 is 0 Å². The SMILES string of the molecule is CC1(C)C(NC(=O)C2CCC(N)C2)C1(C)C.Cl. The molecule has 0 saturated heterocycles. The van der Waals surface area contributed by atoms with Crippen LogP contribution in [0.4, 0.5) is 0 Å². The monoisotopic (exact) mass is 260 g/mol. The molecule has 0 aliphatic heterocycles. The fraction of sp³-hybridized carbons (Fsp3) is 0.923. The van der Waals surface area contributed by atoms with Gasteiger partial charge in [0.15, 0.2) is 0 Å². The Labute approximate surface area is 110 Å². The van der Waals surface area contributed by atoms with Crippen molar-refractivity contribution in [2.24, 2.45) is 22.5 Å². The highest BCUT2D eigenvalue weighted by atomic mass is 35.5. The predicted molar refractivity (Wildman–Crippen MR) is 72.1 cm³/mol. The average molecular weight is 261 g/mol. The maximum absolute atomic E-state index is 12.1. The van der Waals surface area contributed by atoms with Crippen molar-refractivity contribution in [2.45, 2.75) is 59.0 Å². The van der Waals surface area contributed by atoms with Crippen LogP contribution in [0.3, 0.4) is 0 Å². The van der Waals surface area contributed by atoms with Gasteiger partial charge in [-0.25, -0.2) is 0 Å². The maximum atomic E-state index is 12.1. The first-order valence-corrected chi connectivity index (χ1v) is 6.33. The van der Waals surface area contributed by atoms with Crippen molar-refractivity contribution in [1.29, 1.82) is 0 Å². The number of carbonyl (C=O) groups excluding carboxylic acids is 1. The molecule has 0 heterocycles. The van der Waals surface area contributed by atoms with Crippen molar-refractivity contribution in [3.8, 4) is 0 Å². The highest BCUT2D eigenvalue weighted by Gasteiger charge is 2.65. The van der Waals surface area contributed by atoms with Crippen molar-refractivity contribution in [3.63, 3.8) is 0 Å². The summed E-state index contributed by atoms with van der Waals surface area (Å²) in [6.45, 7) is 8.88. The summed E-state index contributed by atoms with van der Waals surface area (Å²) in [5.41, 5.74) is 6.29. The standard InChI is InChI=1S/C13H24N2O.ClH/c1-12(2)11(13(12,3)4)15-10(16)8-5-6-9(14)7-8;/h8-9,11H,5-7,14H2,1-4H3,(H,15,16);1H. The summed E-state index contributed by atoms with van der Waals surface area (Å²) in [5, 5.41) is 3.20. The van der Waals surface area contributed by atoms with Crippen LogP contribution in [-0.2, 0) is 4.79 Å². The van der Waals surface area contributed by atoms with Gasteiger partial charge in [0.1, 0.15) is 0 Å². The zero-order chi connectivity index (χ0) is 12.1. The minimum absolute atomic E-state index is 0. The number of halogens is 1. The van der Waals surface area contributed by atoms with E-state index in [1.54, 1.807) is 0 Å². The minimum Gasteiger partial charge on any atom is -0.352 e. The molecule has 2 atom stereocenters. The van der Waals surface area contributed by atoms with Gasteiger partial charge in [0.2, 0.25) is 5.91 Å². The van der Waals surface area contributed by atoms with Gasteiger partial charge in [0, 0.05) is 18.0 Å². The van der Waals surface area contributed by atoms with E-state index in [1.165, 1.54) is 0 Å². The van der Waals surface area contributed by atoms with E-state index in [4.69, 9.17) is 5.73 Å². The summed E-state index contributed by atoms with van der Waals surface area (Å²) in [5.74, 6) is 0.374. The molecular weight excluding hydrogens is 236 g/mol. The van der Waals surface area contributed by atoms with Gasteiger partial charge < -0.3 is 11.1 Å². The molecular formula is C13H25ClN2O. The third kappa shape index (κ3) is 2.32. The Morgan fingerprint density at radius 3 is 2.06 bits per heavy atom. The Morgan fingerprint density at radius 2 is 1.71 bits per heavy atom. The van der Waals surface area contributed by atoms with Gasteiger partial charge in [-0.1, -0.05) is 27.7 Å². The lowest BCUT2D eigenvalue weighted by Gasteiger charge is -2.12. The number of nitrogens with two attached hydrogens (primary N) is 1. The molecule has 0 aromatic carbocycles. The van der Waals surface area contributed by atoms with Crippen LogP contribution in [0, 0.1) is 16.7 Å². The van der Waals surface area contributed by atoms with Crippen molar-refractivity contribution in [3.05, 3.63) is 0 Å². The van der Waals surface area contributed by atoms with E-state index in [-0.39, 0.29) is 41.1 Å². The molecule has 1 amide bonds. The van der Waals surface area contributed by atoms with Crippen LogP contribution in [0.15, 0.2) is 0 Å². The second kappa shape index (κ2) is 4.43. The number of rotatable bonds is 2. The van der Waals surface area contributed by atoms with Crippen LogP contribution in [0.1, 0.15) is 47.0 Å². The summed E-state index contributed by atoms with van der Waals surface area (Å²) < 4.78 is 0. The van der Waals surface area contributed by atoms with Gasteiger partial charge in [0.05, 0.1) is 0 Å². The van der Waals surface area contributed by atoms with E-state index in [2.05, 4.69) is 33.0 Å². The van der Waals surface area contributed by atoms with Crippen molar-refractivity contribution >= 4 is 18.3 Å². The first-order chi connectivity index (χ1) is 7.26. The summed E-state index contributed by atoms with van der Waals surface area (Å²) in [4.78, 5) is 12.1. The van der Waals surface area contributed by atoms with Gasteiger partial charge in [-0.15, -0.1) is 12.4 Å². The maximum Gasteiger partial charge on any atom is 0.223 e. The lowest BCUT2D eigenvalue weighted by Crippen LogP contribution is -2.34. The molecule has 0 radical (unpaired) electrons. The number of hydrogen-bond donors (Lipinski definition) is 2. The summed E-state index contributed by atoms with van der Waals surface area (Å²) in [6.07, 6.45) is 2.82. The minimum atomic E-state index is 0. The Morgan fingerprint density at radius 1 is 1.18 bits per heavy atom. The zero-order valence-electron chi connectivity index (χ0n) is 11.2. The summed E-state index contributed by atoms with van der Waals surface area (Å²) in [7, 11) is 0. The first kappa shape index (κ1) is 14.8. The Kier molecular flexibility index (Phi) is 3.85. The highest BCUT2D eigenvalue weighted by molar-refractivity contribution is 5.85.